The number of amides is 1. The summed E-state index contributed by atoms with van der Waals surface area (Å²) in [7, 11) is 0. The summed E-state index contributed by atoms with van der Waals surface area (Å²) in [6, 6.07) is 9.35. The highest BCUT2D eigenvalue weighted by atomic mass is 16.2. The number of likely N-dealkylation sites (tertiary alicyclic amines) is 1. The van der Waals surface area contributed by atoms with Crippen LogP contribution in [0.4, 0.5) is 0 Å². The molecule has 2 rings (SSSR count). The Bertz CT molecular complexity index is 380. The number of hydrogen-bond donors (Lipinski definition) is 1. The van der Waals surface area contributed by atoms with E-state index in [0.29, 0.717) is 19.0 Å². The predicted octanol–water partition coefficient (Wildman–Crippen LogP) is 1.50. The summed E-state index contributed by atoms with van der Waals surface area (Å²) in [6.07, 6.45) is 0. The molecule has 1 saturated heterocycles. The molecular formula is C13H18N2O. The molecule has 3 heteroatoms. The van der Waals surface area contributed by atoms with Crippen molar-refractivity contribution in [2.45, 2.75) is 19.4 Å². The Balaban J connectivity index is 2.01. The van der Waals surface area contributed by atoms with Gasteiger partial charge in [-0.1, -0.05) is 32.0 Å². The van der Waals surface area contributed by atoms with Crippen molar-refractivity contribution in [3.63, 3.8) is 0 Å². The third kappa shape index (κ3) is 1.83. The van der Waals surface area contributed by atoms with Crippen LogP contribution >= 0.6 is 0 Å². The minimum absolute atomic E-state index is 0.0855. The van der Waals surface area contributed by atoms with Gasteiger partial charge in [0.25, 0.3) is 5.91 Å². The van der Waals surface area contributed by atoms with E-state index in [9.17, 15) is 4.79 Å². The van der Waals surface area contributed by atoms with Crippen LogP contribution in [0.3, 0.4) is 0 Å². The lowest BCUT2D eigenvalue weighted by molar-refractivity contribution is 0.0275. The van der Waals surface area contributed by atoms with Crippen LogP contribution < -0.4 is 5.73 Å². The first-order valence-electron chi connectivity index (χ1n) is 5.66. The van der Waals surface area contributed by atoms with Crippen molar-refractivity contribution < 1.29 is 4.79 Å². The second-order valence-electron chi connectivity index (χ2n) is 4.92. The Morgan fingerprint density at radius 2 is 1.88 bits per heavy atom. The number of nitrogens with two attached hydrogens (primary N) is 1. The van der Waals surface area contributed by atoms with E-state index in [1.165, 1.54) is 0 Å². The van der Waals surface area contributed by atoms with Crippen molar-refractivity contribution in [1.82, 2.24) is 4.90 Å². The zero-order chi connectivity index (χ0) is 11.8. The van der Waals surface area contributed by atoms with E-state index in [-0.39, 0.29) is 11.4 Å². The van der Waals surface area contributed by atoms with Crippen LogP contribution in [0.15, 0.2) is 30.3 Å². The summed E-state index contributed by atoms with van der Waals surface area (Å²) < 4.78 is 0. The maximum Gasteiger partial charge on any atom is 0.253 e. The van der Waals surface area contributed by atoms with Gasteiger partial charge in [0.05, 0.1) is 5.54 Å². The van der Waals surface area contributed by atoms with Crippen molar-refractivity contribution in [3.05, 3.63) is 35.9 Å². The summed E-state index contributed by atoms with van der Waals surface area (Å²) in [5.41, 5.74) is 6.71. The van der Waals surface area contributed by atoms with Gasteiger partial charge in [0.15, 0.2) is 0 Å². The van der Waals surface area contributed by atoms with Crippen LogP contribution in [0, 0.1) is 5.92 Å². The Kier molecular flexibility index (Phi) is 2.72. The molecule has 0 spiro atoms. The second-order valence-corrected chi connectivity index (χ2v) is 4.92. The molecule has 86 valence electrons. The minimum atomic E-state index is -0.190. The normalized spacial score (nSPS) is 18.4. The zero-order valence-corrected chi connectivity index (χ0v) is 9.81. The minimum Gasteiger partial charge on any atom is -0.335 e. The van der Waals surface area contributed by atoms with Gasteiger partial charge >= 0.3 is 0 Å². The van der Waals surface area contributed by atoms with Gasteiger partial charge in [-0.15, -0.1) is 0 Å². The van der Waals surface area contributed by atoms with E-state index in [1.807, 2.05) is 35.2 Å². The Labute approximate surface area is 96.2 Å². The quantitative estimate of drug-likeness (QED) is 0.817. The molecule has 1 aliphatic heterocycles. The van der Waals surface area contributed by atoms with E-state index in [0.717, 1.165) is 5.56 Å². The van der Waals surface area contributed by atoms with E-state index in [1.54, 1.807) is 0 Å². The molecular weight excluding hydrogens is 200 g/mol. The van der Waals surface area contributed by atoms with Gasteiger partial charge in [0, 0.05) is 18.7 Å². The summed E-state index contributed by atoms with van der Waals surface area (Å²) in [5, 5.41) is 0. The topological polar surface area (TPSA) is 46.3 Å². The molecule has 1 aliphatic rings. The number of carbonyl (C=O) groups is 1. The van der Waals surface area contributed by atoms with E-state index < -0.39 is 0 Å². The molecule has 1 heterocycles. The zero-order valence-electron chi connectivity index (χ0n) is 9.81. The van der Waals surface area contributed by atoms with Crippen LogP contribution in [0.1, 0.15) is 24.2 Å². The van der Waals surface area contributed by atoms with E-state index >= 15 is 0 Å². The average Bonchev–Trinajstić information content (AvgIpc) is 2.25. The first-order chi connectivity index (χ1) is 7.53. The van der Waals surface area contributed by atoms with Crippen molar-refractivity contribution >= 4 is 5.91 Å². The van der Waals surface area contributed by atoms with Crippen LogP contribution in [0.5, 0.6) is 0 Å². The van der Waals surface area contributed by atoms with Crippen LogP contribution in [-0.2, 0) is 0 Å². The summed E-state index contributed by atoms with van der Waals surface area (Å²) in [6.45, 7) is 5.53. The Morgan fingerprint density at radius 1 is 1.31 bits per heavy atom. The maximum atomic E-state index is 12.0. The highest BCUT2D eigenvalue weighted by Gasteiger charge is 2.44. The Hall–Kier alpha value is -1.35. The fraction of sp³-hybridized carbons (Fsp3) is 0.462. The summed E-state index contributed by atoms with van der Waals surface area (Å²) in [4.78, 5) is 13.8. The molecule has 0 unspecified atom stereocenters. The van der Waals surface area contributed by atoms with Gasteiger partial charge in [-0.25, -0.2) is 0 Å². The number of benzene rings is 1. The van der Waals surface area contributed by atoms with Gasteiger partial charge in [0.1, 0.15) is 0 Å². The number of rotatable bonds is 2. The molecule has 0 atom stereocenters. The van der Waals surface area contributed by atoms with Crippen molar-refractivity contribution in [2.24, 2.45) is 11.7 Å². The van der Waals surface area contributed by atoms with Gasteiger partial charge in [-0.3, -0.25) is 4.79 Å². The first-order valence-corrected chi connectivity index (χ1v) is 5.66. The van der Waals surface area contributed by atoms with Crippen molar-refractivity contribution in [1.29, 1.82) is 0 Å². The van der Waals surface area contributed by atoms with E-state index in [2.05, 4.69) is 13.8 Å². The third-order valence-corrected chi connectivity index (χ3v) is 3.43. The molecule has 1 aromatic rings. The molecule has 16 heavy (non-hydrogen) atoms. The van der Waals surface area contributed by atoms with Gasteiger partial charge in [-0.05, 0) is 18.1 Å². The summed E-state index contributed by atoms with van der Waals surface area (Å²) in [5.74, 6) is 0.495. The standard InChI is InChI=1S/C13H18N2O/c1-10(2)13(14)8-15(9-13)12(16)11-6-4-3-5-7-11/h3-7,10H,8-9,14H2,1-2H3. The third-order valence-electron chi connectivity index (χ3n) is 3.43. The monoisotopic (exact) mass is 218 g/mol. The number of nitrogens with zero attached hydrogens (tertiary/aromatic N) is 1. The highest BCUT2D eigenvalue weighted by Crippen LogP contribution is 2.27. The maximum absolute atomic E-state index is 12.0. The van der Waals surface area contributed by atoms with Gasteiger partial charge in [-0.2, -0.15) is 0 Å². The molecule has 2 N–H and O–H groups in total. The van der Waals surface area contributed by atoms with Crippen molar-refractivity contribution in [2.75, 3.05) is 13.1 Å². The highest BCUT2D eigenvalue weighted by molar-refractivity contribution is 5.94. The molecule has 1 fully saturated rings. The smallest absolute Gasteiger partial charge is 0.253 e. The SMILES string of the molecule is CC(C)C1(N)CN(C(=O)c2ccccc2)C1. The largest absolute Gasteiger partial charge is 0.335 e. The fourth-order valence-electron chi connectivity index (χ4n) is 1.94. The Morgan fingerprint density at radius 3 is 2.38 bits per heavy atom. The molecule has 1 amide bonds. The molecule has 0 aliphatic carbocycles. The number of carbonyl (C=O) groups excluding carboxylic acids is 1. The average molecular weight is 218 g/mol. The summed E-state index contributed by atoms with van der Waals surface area (Å²) >= 11 is 0. The second kappa shape index (κ2) is 3.91. The molecule has 0 saturated carbocycles. The molecule has 0 aromatic heterocycles. The lowest BCUT2D eigenvalue weighted by Gasteiger charge is -2.50. The van der Waals surface area contributed by atoms with Crippen LogP contribution in [-0.4, -0.2) is 29.4 Å². The van der Waals surface area contributed by atoms with Crippen LogP contribution in [0.25, 0.3) is 0 Å². The number of hydrogen-bond acceptors (Lipinski definition) is 2. The van der Waals surface area contributed by atoms with E-state index in [4.69, 9.17) is 5.73 Å². The molecule has 1 aromatic carbocycles. The molecule has 3 nitrogen and oxygen atoms in total. The molecule has 0 radical (unpaired) electrons. The first kappa shape index (κ1) is 11.1. The molecule has 0 bridgehead atoms. The lowest BCUT2D eigenvalue weighted by Crippen LogP contribution is -2.71. The predicted molar refractivity (Wildman–Crippen MR) is 64.1 cm³/mol. The van der Waals surface area contributed by atoms with Crippen molar-refractivity contribution in [3.8, 4) is 0 Å². The van der Waals surface area contributed by atoms with Crippen LogP contribution in [0.2, 0.25) is 0 Å². The van der Waals surface area contributed by atoms with Gasteiger partial charge in [0.2, 0.25) is 0 Å². The van der Waals surface area contributed by atoms with Gasteiger partial charge < -0.3 is 10.6 Å². The lowest BCUT2D eigenvalue weighted by atomic mass is 9.80. The fourth-order valence-corrected chi connectivity index (χ4v) is 1.94.